The van der Waals surface area contributed by atoms with Crippen molar-refractivity contribution in [3.63, 3.8) is 0 Å². The van der Waals surface area contributed by atoms with Crippen molar-refractivity contribution >= 4 is 5.97 Å². The third-order valence-electron chi connectivity index (χ3n) is 1.97. The van der Waals surface area contributed by atoms with E-state index < -0.39 is 5.97 Å². The van der Waals surface area contributed by atoms with E-state index in [-0.39, 0.29) is 0 Å². The molecular weight excluding hydrogens is 192 g/mol. The standard InChI is InChI=1S/C12H14O3/c1-4-9(2)15-11-8-6-5-7-10(11)12(13)14-3/h4-8H,1-3H3. The van der Waals surface area contributed by atoms with Gasteiger partial charge in [0, 0.05) is 0 Å². The zero-order valence-electron chi connectivity index (χ0n) is 9.11. The van der Waals surface area contributed by atoms with Crippen molar-refractivity contribution in [1.29, 1.82) is 0 Å². The average molecular weight is 206 g/mol. The monoisotopic (exact) mass is 206 g/mol. The van der Waals surface area contributed by atoms with E-state index in [4.69, 9.17) is 4.74 Å². The van der Waals surface area contributed by atoms with Crippen LogP contribution in [-0.2, 0) is 4.74 Å². The van der Waals surface area contributed by atoms with Crippen LogP contribution in [0.3, 0.4) is 0 Å². The molecule has 1 aromatic rings. The van der Waals surface area contributed by atoms with Gasteiger partial charge in [0.25, 0.3) is 0 Å². The Labute approximate surface area is 89.3 Å². The molecule has 0 spiro atoms. The number of para-hydroxylation sites is 1. The second-order valence-electron chi connectivity index (χ2n) is 2.99. The maximum atomic E-state index is 11.4. The molecule has 3 nitrogen and oxygen atoms in total. The number of methoxy groups -OCH3 is 1. The number of hydrogen-bond acceptors (Lipinski definition) is 3. The Bertz CT molecular complexity index is 380. The smallest absolute Gasteiger partial charge is 0.341 e. The topological polar surface area (TPSA) is 35.5 Å². The van der Waals surface area contributed by atoms with Crippen LogP contribution in [0.5, 0.6) is 5.75 Å². The number of rotatable bonds is 3. The molecule has 0 unspecified atom stereocenters. The van der Waals surface area contributed by atoms with Crippen LogP contribution >= 0.6 is 0 Å². The minimum absolute atomic E-state index is 0.394. The highest BCUT2D eigenvalue weighted by atomic mass is 16.5. The van der Waals surface area contributed by atoms with Crippen LogP contribution in [0.15, 0.2) is 36.1 Å². The van der Waals surface area contributed by atoms with Gasteiger partial charge in [0.1, 0.15) is 11.3 Å². The number of carbonyl (C=O) groups is 1. The van der Waals surface area contributed by atoms with Crippen LogP contribution in [0.4, 0.5) is 0 Å². The van der Waals surface area contributed by atoms with E-state index in [1.54, 1.807) is 18.2 Å². The van der Waals surface area contributed by atoms with Gasteiger partial charge in [0.15, 0.2) is 0 Å². The molecule has 0 N–H and O–H groups in total. The van der Waals surface area contributed by atoms with Gasteiger partial charge in [0.2, 0.25) is 0 Å². The minimum atomic E-state index is -0.394. The quantitative estimate of drug-likeness (QED) is 0.563. The summed E-state index contributed by atoms with van der Waals surface area (Å²) in [4.78, 5) is 11.4. The van der Waals surface area contributed by atoms with Crippen molar-refractivity contribution in [2.24, 2.45) is 0 Å². The van der Waals surface area contributed by atoms with Crippen LogP contribution in [-0.4, -0.2) is 13.1 Å². The van der Waals surface area contributed by atoms with Gasteiger partial charge in [-0.1, -0.05) is 12.1 Å². The molecule has 0 fully saturated rings. The number of ether oxygens (including phenoxy) is 2. The summed E-state index contributed by atoms with van der Waals surface area (Å²) >= 11 is 0. The predicted octanol–water partition coefficient (Wildman–Crippen LogP) is 2.78. The Morgan fingerprint density at radius 1 is 1.33 bits per heavy atom. The minimum Gasteiger partial charge on any atom is -0.465 e. The summed E-state index contributed by atoms with van der Waals surface area (Å²) in [5, 5.41) is 0. The molecule has 0 bridgehead atoms. The summed E-state index contributed by atoms with van der Waals surface area (Å²) < 4.78 is 10.1. The molecule has 3 heteroatoms. The summed E-state index contributed by atoms with van der Waals surface area (Å²) in [6.45, 7) is 3.70. The Hall–Kier alpha value is -1.77. The molecule has 0 saturated heterocycles. The van der Waals surface area contributed by atoms with Crippen LogP contribution in [0.2, 0.25) is 0 Å². The molecule has 0 heterocycles. The van der Waals surface area contributed by atoms with Crippen molar-refractivity contribution in [2.45, 2.75) is 13.8 Å². The first kappa shape index (κ1) is 11.3. The van der Waals surface area contributed by atoms with Gasteiger partial charge in [-0.25, -0.2) is 4.79 Å². The molecule has 15 heavy (non-hydrogen) atoms. The van der Waals surface area contributed by atoms with Gasteiger partial charge in [-0.2, -0.15) is 0 Å². The molecule has 0 amide bonds. The number of esters is 1. The summed E-state index contributed by atoms with van der Waals surface area (Å²) in [6.07, 6.45) is 1.83. The van der Waals surface area contributed by atoms with Crippen molar-refractivity contribution in [3.8, 4) is 5.75 Å². The van der Waals surface area contributed by atoms with Gasteiger partial charge >= 0.3 is 5.97 Å². The SMILES string of the molecule is CC=C(C)Oc1ccccc1C(=O)OC. The second kappa shape index (κ2) is 5.20. The fourth-order valence-corrected chi connectivity index (χ4v) is 1.07. The summed E-state index contributed by atoms with van der Waals surface area (Å²) in [5.41, 5.74) is 0.432. The Morgan fingerprint density at radius 3 is 2.60 bits per heavy atom. The van der Waals surface area contributed by atoms with Crippen LogP contribution < -0.4 is 4.74 Å². The highest BCUT2D eigenvalue weighted by Gasteiger charge is 2.12. The third kappa shape index (κ3) is 2.84. The van der Waals surface area contributed by atoms with E-state index in [1.807, 2.05) is 26.0 Å². The van der Waals surface area contributed by atoms with Crippen LogP contribution in [0.1, 0.15) is 24.2 Å². The lowest BCUT2D eigenvalue weighted by Gasteiger charge is -2.09. The largest absolute Gasteiger partial charge is 0.465 e. The molecule has 1 aromatic carbocycles. The van der Waals surface area contributed by atoms with Crippen molar-refractivity contribution in [1.82, 2.24) is 0 Å². The lowest BCUT2D eigenvalue weighted by Crippen LogP contribution is -2.04. The lowest BCUT2D eigenvalue weighted by atomic mass is 10.2. The maximum Gasteiger partial charge on any atom is 0.341 e. The maximum absolute atomic E-state index is 11.4. The van der Waals surface area contributed by atoms with Gasteiger partial charge in [-0.15, -0.1) is 0 Å². The van der Waals surface area contributed by atoms with Gasteiger partial charge in [-0.3, -0.25) is 0 Å². The lowest BCUT2D eigenvalue weighted by molar-refractivity contribution is 0.0597. The van der Waals surface area contributed by atoms with Gasteiger partial charge in [0.05, 0.1) is 12.9 Å². The molecular formula is C12H14O3. The Morgan fingerprint density at radius 2 is 2.00 bits per heavy atom. The molecule has 0 aliphatic carbocycles. The number of carbonyl (C=O) groups excluding carboxylic acids is 1. The van der Waals surface area contributed by atoms with E-state index in [9.17, 15) is 4.79 Å². The van der Waals surface area contributed by atoms with Gasteiger partial charge in [-0.05, 0) is 32.1 Å². The van der Waals surface area contributed by atoms with E-state index in [0.717, 1.165) is 5.76 Å². The number of allylic oxidation sites excluding steroid dienone is 2. The van der Waals surface area contributed by atoms with E-state index in [0.29, 0.717) is 11.3 Å². The van der Waals surface area contributed by atoms with E-state index in [1.165, 1.54) is 7.11 Å². The average Bonchev–Trinajstić information content (AvgIpc) is 2.28. The van der Waals surface area contributed by atoms with E-state index in [2.05, 4.69) is 4.74 Å². The Kier molecular flexibility index (Phi) is 3.92. The highest BCUT2D eigenvalue weighted by molar-refractivity contribution is 5.92. The molecule has 0 aromatic heterocycles. The summed E-state index contributed by atoms with van der Waals surface area (Å²) in [6, 6.07) is 6.98. The highest BCUT2D eigenvalue weighted by Crippen LogP contribution is 2.20. The fourth-order valence-electron chi connectivity index (χ4n) is 1.07. The normalized spacial score (nSPS) is 11.0. The zero-order chi connectivity index (χ0) is 11.3. The first-order valence-corrected chi connectivity index (χ1v) is 4.67. The first-order chi connectivity index (χ1) is 7.19. The molecule has 0 saturated carbocycles. The van der Waals surface area contributed by atoms with E-state index >= 15 is 0 Å². The molecule has 0 aliphatic heterocycles. The Balaban J connectivity index is 3.01. The summed E-state index contributed by atoms with van der Waals surface area (Å²) in [7, 11) is 1.35. The zero-order valence-corrected chi connectivity index (χ0v) is 9.11. The fraction of sp³-hybridized carbons (Fsp3) is 0.250. The molecule has 0 radical (unpaired) electrons. The first-order valence-electron chi connectivity index (χ1n) is 4.67. The van der Waals surface area contributed by atoms with Crippen molar-refractivity contribution < 1.29 is 14.3 Å². The van der Waals surface area contributed by atoms with Crippen LogP contribution in [0, 0.1) is 0 Å². The number of hydrogen-bond donors (Lipinski definition) is 0. The second-order valence-corrected chi connectivity index (χ2v) is 2.99. The van der Waals surface area contributed by atoms with Gasteiger partial charge < -0.3 is 9.47 Å². The summed E-state index contributed by atoms with van der Waals surface area (Å²) in [5.74, 6) is 0.862. The van der Waals surface area contributed by atoms with Crippen LogP contribution in [0.25, 0.3) is 0 Å². The predicted molar refractivity (Wildman–Crippen MR) is 57.8 cm³/mol. The van der Waals surface area contributed by atoms with Crippen molar-refractivity contribution in [2.75, 3.05) is 7.11 Å². The third-order valence-corrected chi connectivity index (χ3v) is 1.97. The molecule has 1 rings (SSSR count). The molecule has 0 atom stereocenters. The molecule has 80 valence electrons. The molecule has 0 aliphatic rings. The number of benzene rings is 1. The van der Waals surface area contributed by atoms with Crippen molar-refractivity contribution in [3.05, 3.63) is 41.7 Å².